The third-order valence-electron chi connectivity index (χ3n) is 4.42. The number of nitrogens with zero attached hydrogens (tertiary/aromatic N) is 1. The summed E-state index contributed by atoms with van der Waals surface area (Å²) in [6.45, 7) is 1.93. The number of carbonyl (C=O) groups excluding carboxylic acids is 1. The number of ether oxygens (including phenoxy) is 1. The summed E-state index contributed by atoms with van der Waals surface area (Å²) in [6, 6.07) is 8.29. The molecule has 25 heavy (non-hydrogen) atoms. The summed E-state index contributed by atoms with van der Waals surface area (Å²) in [5.74, 6) is 2.39. The number of benzene rings is 1. The minimum Gasteiger partial charge on any atom is -0.484 e. The molecule has 0 saturated heterocycles. The Kier molecular flexibility index (Phi) is 6.14. The SMILES string of the molecule is CN=C(NCCc1ccc(OCC(=O)NC2CC2)cc1)NCC1CC1. The van der Waals surface area contributed by atoms with Crippen molar-refractivity contribution in [3.8, 4) is 5.75 Å². The summed E-state index contributed by atoms with van der Waals surface area (Å²) in [7, 11) is 1.80. The molecule has 136 valence electrons. The highest BCUT2D eigenvalue weighted by molar-refractivity contribution is 5.79. The quantitative estimate of drug-likeness (QED) is 0.468. The third-order valence-corrected chi connectivity index (χ3v) is 4.42. The van der Waals surface area contributed by atoms with Crippen molar-refractivity contribution in [2.24, 2.45) is 10.9 Å². The lowest BCUT2D eigenvalue weighted by Gasteiger charge is -2.11. The second kappa shape index (κ2) is 8.74. The van der Waals surface area contributed by atoms with Crippen molar-refractivity contribution in [3.05, 3.63) is 29.8 Å². The molecule has 6 nitrogen and oxygen atoms in total. The number of nitrogens with one attached hydrogen (secondary N) is 3. The molecule has 1 aromatic rings. The van der Waals surface area contributed by atoms with Gasteiger partial charge in [-0.15, -0.1) is 0 Å². The Hall–Kier alpha value is -2.24. The first-order chi connectivity index (χ1) is 12.2. The minimum absolute atomic E-state index is 0.0409. The van der Waals surface area contributed by atoms with Crippen molar-refractivity contribution < 1.29 is 9.53 Å². The number of aliphatic imine (C=N–C) groups is 1. The van der Waals surface area contributed by atoms with E-state index in [1.807, 2.05) is 24.3 Å². The van der Waals surface area contributed by atoms with Gasteiger partial charge in [0.25, 0.3) is 5.91 Å². The van der Waals surface area contributed by atoms with Crippen LogP contribution < -0.4 is 20.7 Å². The van der Waals surface area contributed by atoms with Gasteiger partial charge in [0.05, 0.1) is 0 Å². The number of carbonyl (C=O) groups is 1. The van der Waals surface area contributed by atoms with Crippen LogP contribution in [0, 0.1) is 5.92 Å². The van der Waals surface area contributed by atoms with Gasteiger partial charge in [-0.3, -0.25) is 9.79 Å². The Morgan fingerprint density at radius 3 is 2.56 bits per heavy atom. The van der Waals surface area contributed by atoms with Crippen LogP contribution in [0.25, 0.3) is 0 Å². The minimum atomic E-state index is -0.0409. The first-order valence-electron chi connectivity index (χ1n) is 9.18. The molecule has 3 rings (SSSR count). The summed E-state index contributed by atoms with van der Waals surface area (Å²) in [6.07, 6.45) is 5.76. The van der Waals surface area contributed by atoms with Crippen molar-refractivity contribution >= 4 is 11.9 Å². The monoisotopic (exact) mass is 344 g/mol. The van der Waals surface area contributed by atoms with E-state index >= 15 is 0 Å². The normalized spacial score (nSPS) is 17.1. The maximum atomic E-state index is 11.6. The molecular weight excluding hydrogens is 316 g/mol. The van der Waals surface area contributed by atoms with Crippen LogP contribution in [0.2, 0.25) is 0 Å². The summed E-state index contributed by atoms with van der Waals surface area (Å²) in [4.78, 5) is 15.8. The molecule has 2 aliphatic carbocycles. The van der Waals surface area contributed by atoms with Crippen molar-refractivity contribution in [3.63, 3.8) is 0 Å². The van der Waals surface area contributed by atoms with Crippen molar-refractivity contribution in [2.75, 3.05) is 26.7 Å². The van der Waals surface area contributed by atoms with Crippen LogP contribution in [0.3, 0.4) is 0 Å². The molecule has 0 aromatic heterocycles. The predicted molar refractivity (Wildman–Crippen MR) is 98.9 cm³/mol. The van der Waals surface area contributed by atoms with Gasteiger partial charge in [-0.25, -0.2) is 0 Å². The molecule has 0 radical (unpaired) electrons. The van der Waals surface area contributed by atoms with Gasteiger partial charge < -0.3 is 20.7 Å². The lowest BCUT2D eigenvalue weighted by atomic mass is 10.1. The molecular formula is C19H28N4O2. The van der Waals surface area contributed by atoms with Crippen LogP contribution in [0.5, 0.6) is 5.75 Å². The number of hydrogen-bond acceptors (Lipinski definition) is 3. The van der Waals surface area contributed by atoms with Gasteiger partial charge in [0.15, 0.2) is 12.6 Å². The third kappa shape index (κ3) is 6.64. The van der Waals surface area contributed by atoms with E-state index in [0.29, 0.717) is 6.04 Å². The summed E-state index contributed by atoms with van der Waals surface area (Å²) < 4.78 is 5.52. The fraction of sp³-hybridized carbons (Fsp3) is 0.579. The van der Waals surface area contributed by atoms with E-state index in [2.05, 4.69) is 20.9 Å². The van der Waals surface area contributed by atoms with Gasteiger partial charge in [-0.2, -0.15) is 0 Å². The number of hydrogen-bond donors (Lipinski definition) is 3. The first-order valence-corrected chi connectivity index (χ1v) is 9.18. The molecule has 0 bridgehead atoms. The molecule has 0 aliphatic heterocycles. The molecule has 0 unspecified atom stereocenters. The summed E-state index contributed by atoms with van der Waals surface area (Å²) in [5.41, 5.74) is 1.22. The maximum Gasteiger partial charge on any atom is 0.258 e. The van der Waals surface area contributed by atoms with E-state index < -0.39 is 0 Å². The molecule has 0 heterocycles. The molecule has 1 amide bonds. The van der Waals surface area contributed by atoms with E-state index in [1.54, 1.807) is 7.05 Å². The van der Waals surface area contributed by atoms with Gasteiger partial charge in [-0.05, 0) is 55.7 Å². The lowest BCUT2D eigenvalue weighted by molar-refractivity contribution is -0.123. The molecule has 2 fully saturated rings. The summed E-state index contributed by atoms with van der Waals surface area (Å²) in [5, 5.41) is 9.60. The predicted octanol–water partition coefficient (Wildman–Crippen LogP) is 1.46. The van der Waals surface area contributed by atoms with Gasteiger partial charge in [0, 0.05) is 26.2 Å². The van der Waals surface area contributed by atoms with Crippen molar-refractivity contribution in [1.82, 2.24) is 16.0 Å². The van der Waals surface area contributed by atoms with Gasteiger partial charge >= 0.3 is 0 Å². The van der Waals surface area contributed by atoms with Crippen LogP contribution in [0.15, 0.2) is 29.3 Å². The number of amides is 1. The molecule has 3 N–H and O–H groups in total. The molecule has 6 heteroatoms. The largest absolute Gasteiger partial charge is 0.484 e. The standard InChI is InChI=1S/C19H28N4O2/c1-20-19(22-12-15-2-3-15)21-11-10-14-4-8-17(9-5-14)25-13-18(24)23-16-6-7-16/h4-5,8-9,15-16H,2-3,6-7,10-13H2,1H3,(H,23,24)(H2,20,21,22). The van der Waals surface area contributed by atoms with Gasteiger partial charge in [0.2, 0.25) is 0 Å². The Balaban J connectivity index is 1.32. The van der Waals surface area contributed by atoms with Crippen molar-refractivity contribution in [2.45, 2.75) is 38.1 Å². The average Bonchev–Trinajstić information content (AvgIpc) is 3.52. The van der Waals surface area contributed by atoms with Crippen molar-refractivity contribution in [1.29, 1.82) is 0 Å². The zero-order valence-corrected chi connectivity index (χ0v) is 14.9. The highest BCUT2D eigenvalue weighted by atomic mass is 16.5. The first kappa shape index (κ1) is 17.6. The second-order valence-corrected chi connectivity index (χ2v) is 6.85. The number of guanidine groups is 1. The zero-order valence-electron chi connectivity index (χ0n) is 14.9. The smallest absolute Gasteiger partial charge is 0.258 e. The van der Waals surface area contributed by atoms with Crippen LogP contribution in [0.1, 0.15) is 31.2 Å². The zero-order chi connectivity index (χ0) is 17.5. The molecule has 0 spiro atoms. The topological polar surface area (TPSA) is 74.8 Å². The van der Waals surface area contributed by atoms with E-state index in [9.17, 15) is 4.79 Å². The second-order valence-electron chi connectivity index (χ2n) is 6.85. The van der Waals surface area contributed by atoms with E-state index in [-0.39, 0.29) is 12.5 Å². The van der Waals surface area contributed by atoms with Crippen LogP contribution in [-0.2, 0) is 11.2 Å². The maximum absolute atomic E-state index is 11.6. The van der Waals surface area contributed by atoms with Gasteiger partial charge in [-0.1, -0.05) is 12.1 Å². The van der Waals surface area contributed by atoms with Crippen LogP contribution in [-0.4, -0.2) is 44.7 Å². The van der Waals surface area contributed by atoms with Crippen LogP contribution >= 0.6 is 0 Å². The molecule has 1 aromatic carbocycles. The summed E-state index contributed by atoms with van der Waals surface area (Å²) >= 11 is 0. The Bertz CT molecular complexity index is 592. The fourth-order valence-electron chi connectivity index (χ4n) is 2.51. The lowest BCUT2D eigenvalue weighted by Crippen LogP contribution is -2.39. The van der Waals surface area contributed by atoms with Gasteiger partial charge in [0.1, 0.15) is 5.75 Å². The molecule has 2 saturated carbocycles. The Labute approximate surface area is 149 Å². The average molecular weight is 344 g/mol. The molecule has 0 atom stereocenters. The van der Waals surface area contributed by atoms with E-state index in [1.165, 1.54) is 18.4 Å². The number of rotatable bonds is 9. The van der Waals surface area contributed by atoms with E-state index in [0.717, 1.165) is 50.0 Å². The molecule has 2 aliphatic rings. The fourth-order valence-corrected chi connectivity index (χ4v) is 2.51. The van der Waals surface area contributed by atoms with E-state index in [4.69, 9.17) is 4.74 Å². The highest BCUT2D eigenvalue weighted by Gasteiger charge is 2.23. The van der Waals surface area contributed by atoms with Crippen LogP contribution in [0.4, 0.5) is 0 Å². The Morgan fingerprint density at radius 1 is 1.16 bits per heavy atom. The Morgan fingerprint density at radius 2 is 1.92 bits per heavy atom. The highest BCUT2D eigenvalue weighted by Crippen LogP contribution is 2.27.